The van der Waals surface area contributed by atoms with Gasteiger partial charge in [0.15, 0.2) is 0 Å². The number of nitrogens with one attached hydrogen (secondary N) is 1. The Balaban J connectivity index is 1.50. The van der Waals surface area contributed by atoms with Crippen molar-refractivity contribution in [3.8, 4) is 0 Å². The molecule has 3 rings (SSSR count). The molecule has 1 fully saturated rings. The van der Waals surface area contributed by atoms with Crippen LogP contribution in [0.15, 0.2) is 54.6 Å². The Bertz CT molecular complexity index is 822. The molecule has 0 aliphatic heterocycles. The average Bonchev–Trinajstić information content (AvgIpc) is 3.48. The number of halogens is 1. The molecule has 1 aliphatic carbocycles. The average molecular weight is 382 g/mol. The molecule has 0 aromatic heterocycles. The summed E-state index contributed by atoms with van der Waals surface area (Å²) in [6.45, 7) is 4.91. The summed E-state index contributed by atoms with van der Waals surface area (Å²) in [6, 6.07) is 16.5. The third kappa shape index (κ3) is 4.97. The molecule has 2 aromatic carbocycles. The van der Waals surface area contributed by atoms with E-state index in [0.29, 0.717) is 31.5 Å². The first kappa shape index (κ1) is 20.1. The van der Waals surface area contributed by atoms with Crippen LogP contribution in [0.2, 0.25) is 0 Å². The lowest BCUT2D eigenvalue weighted by atomic mass is 10.1. The highest BCUT2D eigenvalue weighted by Crippen LogP contribution is 2.40. The molecule has 148 valence electrons. The number of benzene rings is 2. The Kier molecular flexibility index (Phi) is 6.45. The molecule has 2 atom stereocenters. The summed E-state index contributed by atoms with van der Waals surface area (Å²) in [6.07, 6.45) is 1.03. The van der Waals surface area contributed by atoms with Gasteiger partial charge in [0, 0.05) is 19.1 Å². The van der Waals surface area contributed by atoms with Crippen LogP contribution in [-0.2, 0) is 22.6 Å². The standard InChI is InChI=1S/C23H27FN2O2/c1-16(2)26(15-17-8-4-3-5-9-17)23(28)20-14-19(20)22(27)25-13-12-18-10-6-7-11-21(18)24/h3-11,16,19-20H,12-15H2,1-2H3,(H,25,27). The summed E-state index contributed by atoms with van der Waals surface area (Å²) in [4.78, 5) is 27.1. The lowest BCUT2D eigenvalue weighted by Crippen LogP contribution is -2.38. The second kappa shape index (κ2) is 9.00. The van der Waals surface area contributed by atoms with Gasteiger partial charge in [-0.05, 0) is 43.9 Å². The second-order valence-corrected chi connectivity index (χ2v) is 7.63. The van der Waals surface area contributed by atoms with E-state index in [-0.39, 0.29) is 35.5 Å². The maximum atomic E-state index is 13.6. The lowest BCUT2D eigenvalue weighted by molar-refractivity contribution is -0.136. The van der Waals surface area contributed by atoms with E-state index >= 15 is 0 Å². The van der Waals surface area contributed by atoms with Crippen molar-refractivity contribution in [2.75, 3.05) is 6.54 Å². The Hall–Kier alpha value is -2.69. The summed E-state index contributed by atoms with van der Waals surface area (Å²) in [5.41, 5.74) is 1.66. The predicted molar refractivity (Wildman–Crippen MR) is 107 cm³/mol. The van der Waals surface area contributed by atoms with Gasteiger partial charge in [-0.2, -0.15) is 0 Å². The summed E-state index contributed by atoms with van der Waals surface area (Å²) in [5, 5.41) is 2.85. The fraction of sp³-hybridized carbons (Fsp3) is 0.391. The van der Waals surface area contributed by atoms with E-state index in [1.54, 1.807) is 18.2 Å². The van der Waals surface area contributed by atoms with Gasteiger partial charge in [0.1, 0.15) is 5.82 Å². The van der Waals surface area contributed by atoms with Crippen molar-refractivity contribution in [1.29, 1.82) is 0 Å². The molecule has 4 nitrogen and oxygen atoms in total. The molecule has 1 aliphatic rings. The molecule has 0 saturated heterocycles. The van der Waals surface area contributed by atoms with E-state index in [9.17, 15) is 14.0 Å². The Labute approximate surface area is 165 Å². The normalized spacial score (nSPS) is 18.0. The zero-order chi connectivity index (χ0) is 20.1. The first-order chi connectivity index (χ1) is 13.5. The van der Waals surface area contributed by atoms with Crippen LogP contribution in [-0.4, -0.2) is 29.3 Å². The first-order valence-electron chi connectivity index (χ1n) is 9.83. The molecule has 28 heavy (non-hydrogen) atoms. The zero-order valence-electron chi connectivity index (χ0n) is 16.4. The van der Waals surface area contributed by atoms with Crippen LogP contribution < -0.4 is 5.32 Å². The SMILES string of the molecule is CC(C)N(Cc1ccccc1)C(=O)C1CC1C(=O)NCCc1ccccc1F. The highest BCUT2D eigenvalue weighted by atomic mass is 19.1. The van der Waals surface area contributed by atoms with Crippen molar-refractivity contribution < 1.29 is 14.0 Å². The van der Waals surface area contributed by atoms with Gasteiger partial charge in [-0.3, -0.25) is 9.59 Å². The third-order valence-corrected chi connectivity index (χ3v) is 5.20. The molecule has 0 bridgehead atoms. The quantitative estimate of drug-likeness (QED) is 0.759. The Morgan fingerprint density at radius 2 is 1.75 bits per heavy atom. The van der Waals surface area contributed by atoms with Crippen molar-refractivity contribution >= 4 is 11.8 Å². The molecule has 0 spiro atoms. The Morgan fingerprint density at radius 3 is 2.43 bits per heavy atom. The van der Waals surface area contributed by atoms with E-state index in [4.69, 9.17) is 0 Å². The molecule has 1 N–H and O–H groups in total. The number of amides is 2. The van der Waals surface area contributed by atoms with E-state index < -0.39 is 0 Å². The topological polar surface area (TPSA) is 49.4 Å². The highest BCUT2D eigenvalue weighted by molar-refractivity contribution is 5.92. The van der Waals surface area contributed by atoms with Gasteiger partial charge in [-0.15, -0.1) is 0 Å². The van der Waals surface area contributed by atoms with Gasteiger partial charge in [-0.25, -0.2) is 4.39 Å². The van der Waals surface area contributed by atoms with Gasteiger partial charge in [-0.1, -0.05) is 48.5 Å². The number of rotatable bonds is 8. The van der Waals surface area contributed by atoms with E-state index in [1.807, 2.05) is 49.1 Å². The number of hydrogen-bond donors (Lipinski definition) is 1. The fourth-order valence-electron chi connectivity index (χ4n) is 3.42. The Morgan fingerprint density at radius 1 is 1.07 bits per heavy atom. The van der Waals surface area contributed by atoms with Crippen LogP contribution in [0.4, 0.5) is 4.39 Å². The number of nitrogens with zero attached hydrogens (tertiary/aromatic N) is 1. The fourth-order valence-corrected chi connectivity index (χ4v) is 3.42. The molecular weight excluding hydrogens is 355 g/mol. The first-order valence-corrected chi connectivity index (χ1v) is 9.83. The van der Waals surface area contributed by atoms with Crippen molar-refractivity contribution in [3.05, 3.63) is 71.5 Å². The smallest absolute Gasteiger partial charge is 0.227 e. The van der Waals surface area contributed by atoms with E-state index in [2.05, 4.69) is 5.32 Å². The lowest BCUT2D eigenvalue weighted by Gasteiger charge is -2.27. The van der Waals surface area contributed by atoms with Crippen molar-refractivity contribution in [2.45, 2.75) is 39.3 Å². The van der Waals surface area contributed by atoms with Gasteiger partial charge in [0.05, 0.1) is 11.8 Å². The van der Waals surface area contributed by atoms with Crippen LogP contribution in [0.1, 0.15) is 31.4 Å². The van der Waals surface area contributed by atoms with Crippen LogP contribution in [0, 0.1) is 17.7 Å². The summed E-state index contributed by atoms with van der Waals surface area (Å²) >= 11 is 0. The molecule has 0 radical (unpaired) electrons. The van der Waals surface area contributed by atoms with Crippen molar-refractivity contribution in [2.24, 2.45) is 11.8 Å². The number of hydrogen-bond acceptors (Lipinski definition) is 2. The maximum absolute atomic E-state index is 13.6. The number of carbonyl (C=O) groups is 2. The largest absolute Gasteiger partial charge is 0.356 e. The minimum Gasteiger partial charge on any atom is -0.356 e. The monoisotopic (exact) mass is 382 g/mol. The van der Waals surface area contributed by atoms with E-state index in [1.165, 1.54) is 6.07 Å². The summed E-state index contributed by atoms with van der Waals surface area (Å²) in [5.74, 6) is -0.861. The van der Waals surface area contributed by atoms with Crippen LogP contribution in [0.5, 0.6) is 0 Å². The van der Waals surface area contributed by atoms with Crippen LogP contribution in [0.3, 0.4) is 0 Å². The second-order valence-electron chi connectivity index (χ2n) is 7.63. The highest BCUT2D eigenvalue weighted by Gasteiger charge is 2.49. The molecule has 1 saturated carbocycles. The molecule has 0 heterocycles. The van der Waals surface area contributed by atoms with Crippen molar-refractivity contribution in [1.82, 2.24) is 10.2 Å². The van der Waals surface area contributed by atoms with Crippen LogP contribution in [0.25, 0.3) is 0 Å². The maximum Gasteiger partial charge on any atom is 0.227 e. The van der Waals surface area contributed by atoms with Crippen molar-refractivity contribution in [3.63, 3.8) is 0 Å². The van der Waals surface area contributed by atoms with Gasteiger partial charge >= 0.3 is 0 Å². The third-order valence-electron chi connectivity index (χ3n) is 5.20. The van der Waals surface area contributed by atoms with Gasteiger partial charge < -0.3 is 10.2 Å². The summed E-state index contributed by atoms with van der Waals surface area (Å²) in [7, 11) is 0. The molecular formula is C23H27FN2O2. The van der Waals surface area contributed by atoms with Gasteiger partial charge in [0.2, 0.25) is 11.8 Å². The minimum atomic E-state index is -0.273. The molecule has 2 amide bonds. The summed E-state index contributed by atoms with van der Waals surface area (Å²) < 4.78 is 13.6. The molecule has 2 aromatic rings. The minimum absolute atomic E-state index is 0.0353. The predicted octanol–water partition coefficient (Wildman–Crippen LogP) is 3.56. The molecule has 2 unspecified atom stereocenters. The van der Waals surface area contributed by atoms with Gasteiger partial charge in [0.25, 0.3) is 0 Å². The zero-order valence-corrected chi connectivity index (χ0v) is 16.4. The number of carbonyl (C=O) groups excluding carboxylic acids is 2. The van der Waals surface area contributed by atoms with E-state index in [0.717, 1.165) is 5.56 Å². The van der Waals surface area contributed by atoms with Crippen LogP contribution >= 0.6 is 0 Å². The molecule has 5 heteroatoms.